The summed E-state index contributed by atoms with van der Waals surface area (Å²) < 4.78 is 1.94. The summed E-state index contributed by atoms with van der Waals surface area (Å²) in [6.45, 7) is 6.80. The number of imidazole rings is 1. The molecule has 0 atom stereocenters. The number of hydrogen-bond acceptors (Lipinski definition) is 2. The lowest BCUT2D eigenvalue weighted by Gasteiger charge is -2.24. The number of aliphatic hydroxyl groups is 1. The van der Waals surface area contributed by atoms with E-state index in [-0.39, 0.29) is 0 Å². The van der Waals surface area contributed by atoms with Gasteiger partial charge in [-0.15, -0.1) is 0 Å². The van der Waals surface area contributed by atoms with Crippen molar-refractivity contribution in [2.24, 2.45) is 0 Å². The van der Waals surface area contributed by atoms with Gasteiger partial charge in [0.2, 0.25) is 0 Å². The average molecular weight is 181 g/mol. The van der Waals surface area contributed by atoms with Crippen LogP contribution in [0.25, 0.3) is 0 Å². The van der Waals surface area contributed by atoms with E-state index < -0.39 is 5.60 Å². The van der Waals surface area contributed by atoms with Crippen molar-refractivity contribution in [3.8, 4) is 0 Å². The molecule has 1 heterocycles. The Bertz CT molecular complexity index is 264. The van der Waals surface area contributed by atoms with Crippen LogP contribution in [0.15, 0.2) is 6.20 Å². The fourth-order valence-corrected chi connectivity index (χ4v) is 1.46. The van der Waals surface area contributed by atoms with Crippen molar-refractivity contribution in [1.82, 2.24) is 9.55 Å². The first-order chi connectivity index (χ1) is 6.18. The summed E-state index contributed by atoms with van der Waals surface area (Å²) in [5, 5.41) is 10.2. The Labute approximate surface area is 79.4 Å². The summed E-state index contributed by atoms with van der Waals surface area (Å²) in [6, 6.07) is 0. The van der Waals surface area contributed by atoms with Gasteiger partial charge in [-0.3, -0.25) is 0 Å². The van der Waals surface area contributed by atoms with Gasteiger partial charge < -0.3 is 9.67 Å². The van der Waals surface area contributed by atoms with Gasteiger partial charge in [0.15, 0.2) is 0 Å². The van der Waals surface area contributed by atoms with Gasteiger partial charge in [0.1, 0.15) is 17.6 Å². The molecule has 1 aromatic rings. The molecule has 13 heavy (non-hydrogen) atoms. The topological polar surface area (TPSA) is 38.0 Å². The van der Waals surface area contributed by atoms with Crippen LogP contribution >= 0.6 is 0 Å². The Morgan fingerprint density at radius 2 is 2.08 bits per heavy atom. The predicted octanol–water partition coefficient (Wildman–Crippen LogP) is 1.71. The van der Waals surface area contributed by atoms with Crippen LogP contribution in [0.2, 0.25) is 0 Å². The molecule has 1 radical (unpaired) electrons. The summed E-state index contributed by atoms with van der Waals surface area (Å²) in [5.74, 6) is 0.736. The van der Waals surface area contributed by atoms with Crippen LogP contribution in [0, 0.1) is 6.20 Å². The third-order valence-electron chi connectivity index (χ3n) is 2.58. The molecular formula is C10H17N2O. The Morgan fingerprint density at radius 1 is 1.46 bits per heavy atom. The molecule has 1 aromatic heterocycles. The lowest BCUT2D eigenvalue weighted by molar-refractivity contribution is 0.0160. The molecule has 0 unspecified atom stereocenters. The van der Waals surface area contributed by atoms with Crippen LogP contribution in [-0.4, -0.2) is 14.7 Å². The molecule has 0 aliphatic heterocycles. The van der Waals surface area contributed by atoms with E-state index in [2.05, 4.69) is 11.2 Å². The fourth-order valence-electron chi connectivity index (χ4n) is 1.46. The zero-order chi connectivity index (χ0) is 9.90. The second-order valence-electron chi connectivity index (χ2n) is 3.22. The van der Waals surface area contributed by atoms with E-state index in [0.29, 0.717) is 12.8 Å². The Hall–Kier alpha value is -0.830. The Morgan fingerprint density at radius 3 is 2.54 bits per heavy atom. The van der Waals surface area contributed by atoms with Crippen molar-refractivity contribution in [3.05, 3.63) is 18.2 Å². The van der Waals surface area contributed by atoms with E-state index in [1.165, 1.54) is 0 Å². The number of aromatic nitrogens is 2. The molecule has 0 spiro atoms. The van der Waals surface area contributed by atoms with Gasteiger partial charge in [-0.25, -0.2) is 4.98 Å². The van der Waals surface area contributed by atoms with Gasteiger partial charge in [0.05, 0.1) is 0 Å². The van der Waals surface area contributed by atoms with Crippen molar-refractivity contribution < 1.29 is 5.11 Å². The summed E-state index contributed by atoms with van der Waals surface area (Å²) in [5.41, 5.74) is -0.782. The van der Waals surface area contributed by atoms with Crippen molar-refractivity contribution >= 4 is 0 Å². The Kier molecular flexibility index (Phi) is 3.09. The molecule has 1 N–H and O–H groups in total. The second kappa shape index (κ2) is 3.92. The number of hydrogen-bond donors (Lipinski definition) is 1. The van der Waals surface area contributed by atoms with E-state index in [4.69, 9.17) is 0 Å². The molecular weight excluding hydrogens is 164 g/mol. The van der Waals surface area contributed by atoms with E-state index in [0.717, 1.165) is 12.4 Å². The summed E-state index contributed by atoms with van der Waals surface area (Å²) >= 11 is 0. The minimum atomic E-state index is -0.782. The smallest absolute Gasteiger partial charge is 0.141 e. The van der Waals surface area contributed by atoms with E-state index in [9.17, 15) is 5.11 Å². The molecule has 3 heteroatoms. The molecule has 3 nitrogen and oxygen atoms in total. The Balaban J connectivity index is 3.03. The standard InChI is InChI=1S/C10H17N2O/c1-4-10(13,5-2)9-11-7-8-12(9)6-3/h8,13H,4-6H2,1-3H3. The molecule has 73 valence electrons. The quantitative estimate of drug-likeness (QED) is 0.768. The highest BCUT2D eigenvalue weighted by atomic mass is 16.3. The highest BCUT2D eigenvalue weighted by molar-refractivity contribution is 5.03. The maximum absolute atomic E-state index is 10.2. The lowest BCUT2D eigenvalue weighted by atomic mass is 9.96. The summed E-state index contributed by atoms with van der Waals surface area (Å²) in [4.78, 5) is 4.09. The third kappa shape index (κ3) is 1.75. The number of nitrogens with zero attached hydrogens (tertiary/aromatic N) is 2. The molecule has 0 fully saturated rings. The first kappa shape index (κ1) is 10.3. The first-order valence-corrected chi connectivity index (χ1v) is 4.84. The van der Waals surface area contributed by atoms with Gasteiger partial charge in [-0.05, 0) is 19.8 Å². The number of aryl methyl sites for hydroxylation is 1. The first-order valence-electron chi connectivity index (χ1n) is 4.84. The third-order valence-corrected chi connectivity index (χ3v) is 2.58. The highest BCUT2D eigenvalue weighted by Gasteiger charge is 2.29. The van der Waals surface area contributed by atoms with Crippen molar-refractivity contribution in [3.63, 3.8) is 0 Å². The predicted molar refractivity (Wildman–Crippen MR) is 51.2 cm³/mol. The monoisotopic (exact) mass is 181 g/mol. The normalized spacial score (nSPS) is 12.0. The van der Waals surface area contributed by atoms with Gasteiger partial charge in [0.25, 0.3) is 0 Å². The molecule has 0 bridgehead atoms. The maximum Gasteiger partial charge on any atom is 0.141 e. The summed E-state index contributed by atoms with van der Waals surface area (Å²) in [6.07, 6.45) is 5.94. The SMILES string of the molecule is CCn1c[c]nc1C(O)(CC)CC. The van der Waals surface area contributed by atoms with Gasteiger partial charge in [-0.1, -0.05) is 13.8 Å². The zero-order valence-corrected chi connectivity index (χ0v) is 8.54. The summed E-state index contributed by atoms with van der Waals surface area (Å²) in [7, 11) is 0. The van der Waals surface area contributed by atoms with Crippen molar-refractivity contribution in [2.75, 3.05) is 0 Å². The molecule has 0 saturated heterocycles. The fraction of sp³-hybridized carbons (Fsp3) is 0.700. The van der Waals surface area contributed by atoms with Crippen LogP contribution in [0.5, 0.6) is 0 Å². The minimum Gasteiger partial charge on any atom is -0.382 e. The molecule has 0 amide bonds. The molecule has 0 aliphatic carbocycles. The lowest BCUT2D eigenvalue weighted by Crippen LogP contribution is -2.28. The molecule has 0 aromatic carbocycles. The largest absolute Gasteiger partial charge is 0.382 e. The molecule has 0 aliphatic rings. The van der Waals surface area contributed by atoms with Crippen LogP contribution in [0.3, 0.4) is 0 Å². The minimum absolute atomic E-state index is 0.689. The average Bonchev–Trinajstić information content (AvgIpc) is 2.65. The van der Waals surface area contributed by atoms with Gasteiger partial charge in [-0.2, -0.15) is 0 Å². The van der Waals surface area contributed by atoms with Crippen molar-refractivity contribution in [1.29, 1.82) is 0 Å². The van der Waals surface area contributed by atoms with Crippen LogP contribution < -0.4 is 0 Å². The van der Waals surface area contributed by atoms with Crippen LogP contribution in [0.4, 0.5) is 0 Å². The highest BCUT2D eigenvalue weighted by Crippen LogP contribution is 2.26. The van der Waals surface area contributed by atoms with Crippen LogP contribution in [-0.2, 0) is 12.1 Å². The maximum atomic E-state index is 10.2. The van der Waals surface area contributed by atoms with Gasteiger partial charge >= 0.3 is 0 Å². The van der Waals surface area contributed by atoms with Crippen LogP contribution in [0.1, 0.15) is 39.4 Å². The molecule has 0 saturated carbocycles. The number of rotatable bonds is 4. The second-order valence-corrected chi connectivity index (χ2v) is 3.22. The van der Waals surface area contributed by atoms with E-state index in [1.54, 1.807) is 6.20 Å². The van der Waals surface area contributed by atoms with Crippen molar-refractivity contribution in [2.45, 2.75) is 45.8 Å². The van der Waals surface area contributed by atoms with Gasteiger partial charge in [0, 0.05) is 12.7 Å². The zero-order valence-electron chi connectivity index (χ0n) is 8.54. The van der Waals surface area contributed by atoms with E-state index in [1.807, 2.05) is 25.3 Å². The molecule has 1 rings (SSSR count). The van der Waals surface area contributed by atoms with E-state index >= 15 is 0 Å².